The third-order valence-electron chi connectivity index (χ3n) is 2.76. The lowest BCUT2D eigenvalue weighted by Gasteiger charge is -2.03. The van der Waals surface area contributed by atoms with E-state index >= 15 is 0 Å². The third kappa shape index (κ3) is 3.46. The number of hydrogen-bond acceptors (Lipinski definition) is 5. The highest BCUT2D eigenvalue weighted by Gasteiger charge is 2.17. The maximum atomic E-state index is 12.1. The Morgan fingerprint density at radius 1 is 1.43 bits per heavy atom. The molecular weight excluding hydrogens is 342 g/mol. The van der Waals surface area contributed by atoms with Crippen LogP contribution >= 0.6 is 15.9 Å². The van der Waals surface area contributed by atoms with Crippen LogP contribution in [0.1, 0.15) is 35.8 Å². The van der Waals surface area contributed by atoms with Crippen LogP contribution in [0, 0.1) is 10.1 Å². The predicted molar refractivity (Wildman–Crippen MR) is 79.3 cm³/mol. The molecule has 21 heavy (non-hydrogen) atoms. The number of carbonyl (C=O) groups is 1. The minimum atomic E-state index is -0.561. The van der Waals surface area contributed by atoms with Gasteiger partial charge in [-0.05, 0) is 27.9 Å². The van der Waals surface area contributed by atoms with Gasteiger partial charge in [0.1, 0.15) is 0 Å². The molecule has 0 atom stereocenters. The maximum absolute atomic E-state index is 12.1. The van der Waals surface area contributed by atoms with Crippen molar-refractivity contribution in [1.29, 1.82) is 0 Å². The topological polar surface area (TPSA) is 98.3 Å². The van der Waals surface area contributed by atoms with Crippen molar-refractivity contribution in [2.24, 2.45) is 0 Å². The monoisotopic (exact) mass is 353 g/mol. The largest absolute Gasteiger partial charge is 0.338 e. The first kappa shape index (κ1) is 15.2. The molecule has 0 unspecified atom stereocenters. The standard InChI is InChI=1S/C13H12BrN3O4/c1-7(2)11-6-12(21-16-11)15-13(18)9-5-8(17(19)20)3-4-10(9)14/h3-7H,1-2H3,(H,15,18). The Kier molecular flexibility index (Phi) is 4.37. The second kappa shape index (κ2) is 6.04. The highest BCUT2D eigenvalue weighted by molar-refractivity contribution is 9.10. The van der Waals surface area contributed by atoms with Crippen molar-refractivity contribution in [2.75, 3.05) is 5.32 Å². The van der Waals surface area contributed by atoms with Gasteiger partial charge in [0, 0.05) is 22.7 Å². The summed E-state index contributed by atoms with van der Waals surface area (Å²) in [7, 11) is 0. The summed E-state index contributed by atoms with van der Waals surface area (Å²) in [6, 6.07) is 5.58. The number of aromatic nitrogens is 1. The first-order chi connectivity index (χ1) is 9.88. The van der Waals surface area contributed by atoms with Crippen LogP contribution in [0.15, 0.2) is 33.3 Å². The summed E-state index contributed by atoms with van der Waals surface area (Å²) >= 11 is 3.19. The van der Waals surface area contributed by atoms with E-state index in [1.165, 1.54) is 18.2 Å². The van der Waals surface area contributed by atoms with Gasteiger partial charge in [-0.1, -0.05) is 19.0 Å². The highest BCUT2D eigenvalue weighted by atomic mass is 79.9. The Balaban J connectivity index is 2.23. The van der Waals surface area contributed by atoms with Crippen molar-refractivity contribution in [3.8, 4) is 0 Å². The quantitative estimate of drug-likeness (QED) is 0.666. The Hall–Kier alpha value is -2.22. The van der Waals surface area contributed by atoms with Crippen LogP contribution in [0.4, 0.5) is 11.6 Å². The summed E-state index contributed by atoms with van der Waals surface area (Å²) in [5, 5.41) is 17.1. The van der Waals surface area contributed by atoms with Crippen molar-refractivity contribution in [2.45, 2.75) is 19.8 Å². The van der Waals surface area contributed by atoms with Gasteiger partial charge in [-0.15, -0.1) is 0 Å². The van der Waals surface area contributed by atoms with Gasteiger partial charge in [0.2, 0.25) is 5.88 Å². The molecule has 7 nitrogen and oxygen atoms in total. The molecule has 1 heterocycles. The van der Waals surface area contributed by atoms with Crippen LogP contribution in [0.2, 0.25) is 0 Å². The average Bonchev–Trinajstić information content (AvgIpc) is 2.87. The van der Waals surface area contributed by atoms with Crippen LogP contribution in [0.5, 0.6) is 0 Å². The van der Waals surface area contributed by atoms with Crippen molar-refractivity contribution < 1.29 is 14.2 Å². The molecule has 0 saturated heterocycles. The Morgan fingerprint density at radius 3 is 2.71 bits per heavy atom. The molecule has 1 N–H and O–H groups in total. The zero-order valence-electron chi connectivity index (χ0n) is 11.3. The molecule has 0 aliphatic heterocycles. The zero-order valence-corrected chi connectivity index (χ0v) is 12.9. The number of hydrogen-bond donors (Lipinski definition) is 1. The molecule has 8 heteroatoms. The fourth-order valence-corrected chi connectivity index (χ4v) is 2.03. The highest BCUT2D eigenvalue weighted by Crippen LogP contribution is 2.24. The number of non-ortho nitro benzene ring substituents is 1. The summed E-state index contributed by atoms with van der Waals surface area (Å²) in [5.74, 6) is -0.150. The molecular formula is C13H12BrN3O4. The molecule has 110 valence electrons. The molecule has 1 amide bonds. The van der Waals surface area contributed by atoms with Gasteiger partial charge >= 0.3 is 0 Å². The van der Waals surface area contributed by atoms with E-state index in [9.17, 15) is 14.9 Å². The maximum Gasteiger partial charge on any atom is 0.270 e. The number of benzene rings is 1. The Labute approximate surface area is 128 Å². The minimum absolute atomic E-state index is 0.145. The van der Waals surface area contributed by atoms with Gasteiger partial charge in [0.15, 0.2) is 0 Å². The second-order valence-electron chi connectivity index (χ2n) is 4.65. The molecule has 0 spiro atoms. The number of anilines is 1. The molecule has 0 saturated carbocycles. The van der Waals surface area contributed by atoms with Crippen LogP contribution < -0.4 is 5.32 Å². The van der Waals surface area contributed by atoms with E-state index in [0.717, 1.165) is 0 Å². The zero-order chi connectivity index (χ0) is 15.6. The van der Waals surface area contributed by atoms with E-state index in [1.807, 2.05) is 13.8 Å². The predicted octanol–water partition coefficient (Wildman–Crippen LogP) is 3.72. The lowest BCUT2D eigenvalue weighted by Crippen LogP contribution is -2.12. The normalized spacial score (nSPS) is 10.7. The van der Waals surface area contributed by atoms with Gasteiger partial charge in [-0.3, -0.25) is 20.2 Å². The molecule has 0 aliphatic rings. The lowest BCUT2D eigenvalue weighted by atomic mass is 10.1. The first-order valence-corrected chi connectivity index (χ1v) is 6.89. The van der Waals surface area contributed by atoms with Crippen molar-refractivity contribution in [1.82, 2.24) is 5.16 Å². The van der Waals surface area contributed by atoms with Gasteiger partial charge in [-0.2, -0.15) is 0 Å². The van der Waals surface area contributed by atoms with Crippen LogP contribution in [-0.4, -0.2) is 16.0 Å². The SMILES string of the molecule is CC(C)c1cc(NC(=O)c2cc([N+](=O)[O-])ccc2Br)on1. The molecule has 1 aromatic carbocycles. The average molecular weight is 354 g/mol. The summed E-state index contributed by atoms with van der Waals surface area (Å²) in [6.45, 7) is 3.89. The number of carbonyl (C=O) groups excluding carboxylic acids is 1. The molecule has 0 fully saturated rings. The summed E-state index contributed by atoms with van der Waals surface area (Å²) < 4.78 is 5.46. The van der Waals surface area contributed by atoms with Crippen molar-refractivity contribution in [3.63, 3.8) is 0 Å². The van der Waals surface area contributed by atoms with Crippen molar-refractivity contribution in [3.05, 3.63) is 50.1 Å². The smallest absolute Gasteiger partial charge is 0.270 e. The Morgan fingerprint density at radius 2 is 2.14 bits per heavy atom. The number of amides is 1. The first-order valence-electron chi connectivity index (χ1n) is 6.10. The third-order valence-corrected chi connectivity index (χ3v) is 3.45. The molecule has 2 rings (SSSR count). The Bertz CT molecular complexity index is 696. The van der Waals surface area contributed by atoms with Gasteiger partial charge in [0.25, 0.3) is 11.6 Å². The number of nitrogens with zero attached hydrogens (tertiary/aromatic N) is 2. The van der Waals surface area contributed by atoms with Gasteiger partial charge < -0.3 is 4.52 Å². The number of nitrogens with one attached hydrogen (secondary N) is 1. The van der Waals surface area contributed by atoms with Crippen LogP contribution in [0.25, 0.3) is 0 Å². The fourth-order valence-electron chi connectivity index (χ4n) is 1.60. The molecule has 0 bridgehead atoms. The second-order valence-corrected chi connectivity index (χ2v) is 5.50. The minimum Gasteiger partial charge on any atom is -0.338 e. The summed E-state index contributed by atoms with van der Waals surface area (Å²) in [5.41, 5.74) is 0.693. The van der Waals surface area contributed by atoms with E-state index in [-0.39, 0.29) is 23.1 Å². The summed E-state index contributed by atoms with van der Waals surface area (Å²) in [6.07, 6.45) is 0. The molecule has 2 aromatic rings. The molecule has 1 aromatic heterocycles. The molecule has 0 aliphatic carbocycles. The fraction of sp³-hybridized carbons (Fsp3) is 0.231. The van der Waals surface area contributed by atoms with Crippen molar-refractivity contribution >= 4 is 33.4 Å². The number of halogens is 1. The number of rotatable bonds is 4. The number of nitro groups is 1. The lowest BCUT2D eigenvalue weighted by molar-refractivity contribution is -0.384. The van der Waals surface area contributed by atoms with E-state index in [2.05, 4.69) is 26.4 Å². The molecule has 0 radical (unpaired) electrons. The summed E-state index contributed by atoms with van der Waals surface area (Å²) in [4.78, 5) is 22.3. The van der Waals surface area contributed by atoms with E-state index in [0.29, 0.717) is 10.2 Å². The van der Waals surface area contributed by atoms with Crippen LogP contribution in [-0.2, 0) is 0 Å². The van der Waals surface area contributed by atoms with Crippen LogP contribution in [0.3, 0.4) is 0 Å². The number of nitro benzene ring substituents is 1. The van der Waals surface area contributed by atoms with E-state index < -0.39 is 10.8 Å². The van der Waals surface area contributed by atoms with Gasteiger partial charge in [0.05, 0.1) is 16.2 Å². The van der Waals surface area contributed by atoms with E-state index in [1.54, 1.807) is 6.07 Å². The van der Waals surface area contributed by atoms with Gasteiger partial charge in [-0.25, -0.2) is 0 Å². The van der Waals surface area contributed by atoms with E-state index in [4.69, 9.17) is 4.52 Å².